The Morgan fingerprint density at radius 1 is 1.47 bits per heavy atom. The summed E-state index contributed by atoms with van der Waals surface area (Å²) in [6.07, 6.45) is 9.78. The Labute approximate surface area is 114 Å². The highest BCUT2D eigenvalue weighted by Crippen LogP contribution is 2.43. The van der Waals surface area contributed by atoms with Gasteiger partial charge < -0.3 is 4.43 Å². The molecule has 2 unspecified atom stereocenters. The average molecular weight is 289 g/mol. The highest BCUT2D eigenvalue weighted by molar-refractivity contribution is 6.95. The van der Waals surface area contributed by atoms with Crippen molar-refractivity contribution in [3.05, 3.63) is 24.3 Å². The summed E-state index contributed by atoms with van der Waals surface area (Å²) in [6, 6.07) is 1.14. The van der Waals surface area contributed by atoms with Gasteiger partial charge in [-0.25, -0.2) is 0 Å². The lowest BCUT2D eigenvalue weighted by Crippen LogP contribution is -2.54. The molecule has 2 atom stereocenters. The van der Waals surface area contributed by atoms with Crippen molar-refractivity contribution in [2.45, 2.75) is 51.6 Å². The summed E-state index contributed by atoms with van der Waals surface area (Å²) >= 11 is 6.37. The van der Waals surface area contributed by atoms with E-state index in [1.807, 2.05) is 0 Å². The molecule has 0 radical (unpaired) electrons. The van der Waals surface area contributed by atoms with E-state index in [4.69, 9.17) is 15.5 Å². The normalized spacial score (nSPS) is 28.8. The summed E-state index contributed by atoms with van der Waals surface area (Å²) < 4.78 is 6.55. The molecule has 1 rings (SSSR count). The summed E-state index contributed by atoms with van der Waals surface area (Å²) in [7, 11) is -2.33. The van der Waals surface area contributed by atoms with Crippen LogP contribution in [0.15, 0.2) is 24.3 Å². The Balaban J connectivity index is 2.95. The summed E-state index contributed by atoms with van der Waals surface area (Å²) in [5.74, 6) is 0. The second-order valence-electron chi connectivity index (χ2n) is 5.99. The van der Waals surface area contributed by atoms with Crippen LogP contribution in [0.1, 0.15) is 27.2 Å². The summed E-state index contributed by atoms with van der Waals surface area (Å²) in [4.78, 5) is 0. The van der Waals surface area contributed by atoms with Crippen molar-refractivity contribution in [3.8, 4) is 0 Å². The van der Waals surface area contributed by atoms with Crippen molar-refractivity contribution in [2.24, 2.45) is 5.41 Å². The first-order valence-corrected chi connectivity index (χ1v) is 12.4. The van der Waals surface area contributed by atoms with E-state index in [1.54, 1.807) is 0 Å². The molecule has 1 aliphatic rings. The number of hydrogen-bond donors (Lipinski definition) is 0. The van der Waals surface area contributed by atoms with Crippen LogP contribution in [0.3, 0.4) is 0 Å². The number of allylic oxidation sites excluding steroid dienone is 3. The van der Waals surface area contributed by atoms with Crippen LogP contribution in [0, 0.1) is 5.41 Å². The molecule has 0 bridgehead atoms. The predicted molar refractivity (Wildman–Crippen MR) is 82.9 cm³/mol. The Bertz CT molecular complexity index is 327. The van der Waals surface area contributed by atoms with E-state index in [1.165, 1.54) is 0 Å². The van der Waals surface area contributed by atoms with Crippen molar-refractivity contribution in [1.29, 1.82) is 0 Å². The van der Waals surface area contributed by atoms with E-state index in [9.17, 15) is 0 Å². The van der Waals surface area contributed by atoms with Crippen molar-refractivity contribution >= 4 is 28.2 Å². The molecule has 17 heavy (non-hydrogen) atoms. The zero-order valence-electron chi connectivity index (χ0n) is 11.7. The first-order valence-electron chi connectivity index (χ1n) is 6.39. The monoisotopic (exact) mass is 288 g/mol. The third-order valence-corrected chi connectivity index (χ3v) is 10.1. The molecule has 0 aromatic rings. The molecule has 0 spiro atoms. The highest BCUT2D eigenvalue weighted by Gasteiger charge is 2.46. The Hall–Kier alpha value is 0.164. The number of halogens is 1. The first kappa shape index (κ1) is 15.2. The van der Waals surface area contributed by atoms with Gasteiger partial charge in [-0.3, -0.25) is 0 Å². The molecular formula is C13H25ClOSi2. The van der Waals surface area contributed by atoms with E-state index in [0.717, 1.165) is 12.5 Å². The van der Waals surface area contributed by atoms with Gasteiger partial charge in [0.15, 0.2) is 17.1 Å². The third-order valence-electron chi connectivity index (χ3n) is 4.07. The van der Waals surface area contributed by atoms with Gasteiger partial charge in [0.2, 0.25) is 0 Å². The SMILES string of the molecule is CC[Si](C)(C)OC(C)([SiH2]Cl)C1(C)C=CC=CC1. The van der Waals surface area contributed by atoms with Gasteiger partial charge in [-0.05, 0) is 32.5 Å². The lowest BCUT2D eigenvalue weighted by molar-refractivity contribution is 0.0593. The molecule has 0 aromatic heterocycles. The fourth-order valence-electron chi connectivity index (χ4n) is 2.10. The topological polar surface area (TPSA) is 9.23 Å². The molecule has 0 heterocycles. The second-order valence-corrected chi connectivity index (χ2v) is 12.8. The number of rotatable bonds is 5. The van der Waals surface area contributed by atoms with Gasteiger partial charge in [-0.1, -0.05) is 38.2 Å². The van der Waals surface area contributed by atoms with Gasteiger partial charge in [0.05, 0.1) is 5.22 Å². The van der Waals surface area contributed by atoms with Gasteiger partial charge in [0.25, 0.3) is 0 Å². The van der Waals surface area contributed by atoms with E-state index in [2.05, 4.69) is 58.2 Å². The van der Waals surface area contributed by atoms with Crippen molar-refractivity contribution in [3.63, 3.8) is 0 Å². The zero-order chi connectivity index (χ0) is 13.2. The quantitative estimate of drug-likeness (QED) is 0.552. The van der Waals surface area contributed by atoms with Crippen LogP contribution in [0.4, 0.5) is 0 Å². The van der Waals surface area contributed by atoms with Gasteiger partial charge >= 0.3 is 0 Å². The summed E-state index contributed by atoms with van der Waals surface area (Å²) in [5, 5.41) is -0.137. The second kappa shape index (κ2) is 5.43. The third kappa shape index (κ3) is 3.34. The maximum Gasteiger partial charge on any atom is 0.186 e. The minimum absolute atomic E-state index is 0.0646. The fourth-order valence-corrected chi connectivity index (χ4v) is 7.06. The minimum Gasteiger partial charge on any atom is -0.413 e. The smallest absolute Gasteiger partial charge is 0.186 e. The summed E-state index contributed by atoms with van der Waals surface area (Å²) in [6.45, 7) is 11.3. The standard InChI is InChI=1S/C13H25ClOSi2/c1-6-17(4,5)15-13(3,16-14)12(2)10-8-7-9-11-12/h7-10H,6,11,16H2,1-5H3. The largest absolute Gasteiger partial charge is 0.413 e. The van der Waals surface area contributed by atoms with E-state index in [-0.39, 0.29) is 10.6 Å². The predicted octanol–water partition coefficient (Wildman–Crippen LogP) is 3.79. The lowest BCUT2D eigenvalue weighted by atomic mass is 9.78. The molecule has 0 amide bonds. The fraction of sp³-hybridized carbons (Fsp3) is 0.692. The van der Waals surface area contributed by atoms with E-state index < -0.39 is 17.1 Å². The van der Waals surface area contributed by atoms with Crippen LogP contribution in [-0.4, -0.2) is 22.4 Å². The minimum atomic E-state index is -1.57. The molecular weight excluding hydrogens is 264 g/mol. The van der Waals surface area contributed by atoms with Crippen molar-refractivity contribution in [1.82, 2.24) is 0 Å². The molecule has 0 aromatic carbocycles. The van der Waals surface area contributed by atoms with Crippen LogP contribution in [0.2, 0.25) is 19.1 Å². The van der Waals surface area contributed by atoms with Crippen LogP contribution < -0.4 is 0 Å². The van der Waals surface area contributed by atoms with Crippen LogP contribution in [0.5, 0.6) is 0 Å². The molecule has 1 nitrogen and oxygen atoms in total. The van der Waals surface area contributed by atoms with E-state index in [0.29, 0.717) is 0 Å². The molecule has 0 saturated carbocycles. The van der Waals surface area contributed by atoms with Crippen molar-refractivity contribution < 1.29 is 4.43 Å². The summed E-state index contributed by atoms with van der Waals surface area (Å²) in [5.41, 5.74) is 0.0646. The molecule has 4 heteroatoms. The molecule has 1 aliphatic carbocycles. The van der Waals surface area contributed by atoms with Gasteiger partial charge in [0.1, 0.15) is 0 Å². The Morgan fingerprint density at radius 2 is 2.12 bits per heavy atom. The Morgan fingerprint density at radius 3 is 2.53 bits per heavy atom. The average Bonchev–Trinajstić information content (AvgIpc) is 2.29. The molecule has 0 aliphatic heterocycles. The highest BCUT2D eigenvalue weighted by atomic mass is 35.6. The van der Waals surface area contributed by atoms with Gasteiger partial charge in [0, 0.05) is 5.41 Å². The first-order chi connectivity index (χ1) is 7.79. The van der Waals surface area contributed by atoms with Crippen LogP contribution in [0.25, 0.3) is 0 Å². The molecule has 0 fully saturated rings. The van der Waals surface area contributed by atoms with E-state index >= 15 is 0 Å². The van der Waals surface area contributed by atoms with Crippen LogP contribution in [-0.2, 0) is 4.43 Å². The van der Waals surface area contributed by atoms with Crippen molar-refractivity contribution in [2.75, 3.05) is 0 Å². The van der Waals surface area contributed by atoms with Crippen LogP contribution >= 0.6 is 11.1 Å². The lowest BCUT2D eigenvalue weighted by Gasteiger charge is -2.48. The molecule has 0 N–H and O–H groups in total. The number of hydrogen-bond acceptors (Lipinski definition) is 1. The van der Waals surface area contributed by atoms with Gasteiger partial charge in [-0.2, -0.15) is 11.1 Å². The maximum atomic E-state index is 6.55. The zero-order valence-corrected chi connectivity index (χ0v) is 14.9. The maximum absolute atomic E-state index is 6.55. The molecule has 98 valence electrons. The van der Waals surface area contributed by atoms with Gasteiger partial charge in [-0.15, -0.1) is 0 Å². The molecule has 0 saturated heterocycles. The Kier molecular flexibility index (Phi) is 4.86.